The maximum atomic E-state index is 11.9. The fraction of sp³-hybridized carbons (Fsp3) is 0.263. The lowest BCUT2D eigenvalue weighted by Gasteiger charge is -2.14. The van der Waals surface area contributed by atoms with Gasteiger partial charge in [0, 0.05) is 12.7 Å². The average Bonchev–Trinajstić information content (AvgIpc) is 2.93. The van der Waals surface area contributed by atoms with Gasteiger partial charge in [0.2, 0.25) is 0 Å². The summed E-state index contributed by atoms with van der Waals surface area (Å²) < 4.78 is 6.80. The van der Waals surface area contributed by atoms with Crippen LogP contribution >= 0.6 is 0 Å². The van der Waals surface area contributed by atoms with Crippen LogP contribution in [0.15, 0.2) is 36.5 Å². The Kier molecular flexibility index (Phi) is 4.25. The molecule has 0 aliphatic carbocycles. The van der Waals surface area contributed by atoms with Crippen LogP contribution < -0.4 is 5.32 Å². The normalized spacial score (nSPS) is 10.8. The van der Waals surface area contributed by atoms with E-state index < -0.39 is 0 Å². The first-order valence-corrected chi connectivity index (χ1v) is 7.86. The van der Waals surface area contributed by atoms with Crippen LogP contribution in [0.1, 0.15) is 32.7 Å². The number of imidazole rings is 1. The zero-order chi connectivity index (χ0) is 17.3. The van der Waals surface area contributed by atoms with Crippen LogP contribution in [0.25, 0.3) is 5.65 Å². The van der Waals surface area contributed by atoms with Crippen molar-refractivity contribution in [2.24, 2.45) is 0 Å². The molecule has 0 aliphatic heterocycles. The van der Waals surface area contributed by atoms with Gasteiger partial charge in [0.1, 0.15) is 11.5 Å². The number of fused-ring (bicyclic) bond motifs is 1. The zero-order valence-electron chi connectivity index (χ0n) is 14.4. The average molecular weight is 323 g/mol. The molecule has 0 saturated carbocycles. The summed E-state index contributed by atoms with van der Waals surface area (Å²) >= 11 is 0. The van der Waals surface area contributed by atoms with Crippen molar-refractivity contribution in [1.29, 1.82) is 0 Å². The highest BCUT2D eigenvalue weighted by molar-refractivity contribution is 5.91. The minimum Gasteiger partial charge on any atom is -0.465 e. The largest absolute Gasteiger partial charge is 0.465 e. The van der Waals surface area contributed by atoms with Crippen molar-refractivity contribution in [2.75, 3.05) is 12.4 Å². The van der Waals surface area contributed by atoms with Gasteiger partial charge in [0.25, 0.3) is 0 Å². The molecule has 5 nitrogen and oxygen atoms in total. The Balaban J connectivity index is 2.00. The predicted molar refractivity (Wildman–Crippen MR) is 94.5 cm³/mol. The van der Waals surface area contributed by atoms with E-state index in [-0.39, 0.29) is 5.97 Å². The lowest BCUT2D eigenvalue weighted by molar-refractivity contribution is 0.0601. The van der Waals surface area contributed by atoms with Crippen molar-refractivity contribution in [3.8, 4) is 0 Å². The van der Waals surface area contributed by atoms with Gasteiger partial charge in [-0.15, -0.1) is 0 Å². The number of pyridine rings is 1. The fourth-order valence-corrected chi connectivity index (χ4v) is 2.89. The van der Waals surface area contributed by atoms with Gasteiger partial charge in [-0.1, -0.05) is 18.2 Å². The number of nitrogens with zero attached hydrogens (tertiary/aromatic N) is 2. The molecule has 3 aromatic rings. The van der Waals surface area contributed by atoms with E-state index in [0.717, 1.165) is 17.2 Å². The number of aromatic nitrogens is 2. The first kappa shape index (κ1) is 16.1. The molecule has 2 aromatic heterocycles. The van der Waals surface area contributed by atoms with Crippen LogP contribution in [0.5, 0.6) is 0 Å². The summed E-state index contributed by atoms with van der Waals surface area (Å²) in [6, 6.07) is 9.80. The summed E-state index contributed by atoms with van der Waals surface area (Å²) in [7, 11) is 1.38. The molecule has 1 aromatic carbocycles. The fourth-order valence-electron chi connectivity index (χ4n) is 2.89. The summed E-state index contributed by atoms with van der Waals surface area (Å²) in [6.07, 6.45) is 1.95. The number of aryl methyl sites for hydroxylation is 3. The highest BCUT2D eigenvalue weighted by Crippen LogP contribution is 2.20. The molecule has 124 valence electrons. The minimum atomic E-state index is -0.367. The molecule has 0 saturated heterocycles. The number of benzene rings is 1. The Bertz CT molecular complexity index is 892. The van der Waals surface area contributed by atoms with E-state index in [1.807, 2.05) is 17.5 Å². The summed E-state index contributed by atoms with van der Waals surface area (Å²) in [5.41, 5.74) is 5.84. The number of carbonyl (C=O) groups excluding carboxylic acids is 1. The summed E-state index contributed by atoms with van der Waals surface area (Å²) in [6.45, 7) is 6.81. The van der Waals surface area contributed by atoms with Crippen molar-refractivity contribution < 1.29 is 9.53 Å². The number of nitrogens with one attached hydrogen (secondary N) is 1. The number of esters is 1. The molecular weight excluding hydrogens is 302 g/mol. The molecule has 0 unspecified atom stereocenters. The van der Waals surface area contributed by atoms with Crippen molar-refractivity contribution in [1.82, 2.24) is 9.38 Å². The number of rotatable bonds is 4. The minimum absolute atomic E-state index is 0.367. The van der Waals surface area contributed by atoms with Crippen molar-refractivity contribution in [2.45, 2.75) is 27.3 Å². The van der Waals surface area contributed by atoms with Gasteiger partial charge in [0.05, 0.1) is 18.4 Å². The van der Waals surface area contributed by atoms with Crippen LogP contribution in [0.2, 0.25) is 0 Å². The second kappa shape index (κ2) is 6.35. The second-order valence-electron chi connectivity index (χ2n) is 5.96. The van der Waals surface area contributed by atoms with E-state index >= 15 is 0 Å². The van der Waals surface area contributed by atoms with Gasteiger partial charge in [-0.3, -0.25) is 4.40 Å². The standard InChI is InChI=1S/C19H21N3O2/c1-12-6-5-7-13(2)16(12)10-20-17-8-15(19(23)24-4)9-18-21-14(3)11-22(17)18/h5-9,11,20H,10H2,1-4H3. The van der Waals surface area contributed by atoms with Gasteiger partial charge in [0.15, 0.2) is 0 Å². The van der Waals surface area contributed by atoms with E-state index in [0.29, 0.717) is 12.1 Å². The molecule has 0 atom stereocenters. The molecule has 2 heterocycles. The SMILES string of the molecule is COC(=O)c1cc(NCc2c(C)cccc2C)n2cc(C)nc2c1. The van der Waals surface area contributed by atoms with Gasteiger partial charge < -0.3 is 10.1 Å². The summed E-state index contributed by atoms with van der Waals surface area (Å²) in [4.78, 5) is 16.4. The van der Waals surface area contributed by atoms with Gasteiger partial charge in [-0.2, -0.15) is 0 Å². The lowest BCUT2D eigenvalue weighted by atomic mass is 10.0. The van der Waals surface area contributed by atoms with E-state index in [2.05, 4.69) is 42.3 Å². The molecule has 24 heavy (non-hydrogen) atoms. The first-order chi connectivity index (χ1) is 11.5. The smallest absolute Gasteiger partial charge is 0.338 e. The van der Waals surface area contributed by atoms with Crippen LogP contribution in [-0.4, -0.2) is 22.5 Å². The molecular formula is C19H21N3O2. The Morgan fingerprint density at radius 1 is 1.21 bits per heavy atom. The van der Waals surface area contributed by atoms with E-state index in [4.69, 9.17) is 4.74 Å². The van der Waals surface area contributed by atoms with Crippen LogP contribution in [0.4, 0.5) is 5.82 Å². The second-order valence-corrected chi connectivity index (χ2v) is 5.96. The zero-order valence-corrected chi connectivity index (χ0v) is 14.4. The van der Waals surface area contributed by atoms with Crippen molar-refractivity contribution in [3.05, 3.63) is 64.5 Å². The molecule has 0 spiro atoms. The quantitative estimate of drug-likeness (QED) is 0.745. The molecule has 0 amide bonds. The maximum absolute atomic E-state index is 11.9. The Morgan fingerprint density at radius 2 is 1.92 bits per heavy atom. The van der Waals surface area contributed by atoms with E-state index in [9.17, 15) is 4.79 Å². The predicted octanol–water partition coefficient (Wildman–Crippen LogP) is 3.66. The number of hydrogen-bond donors (Lipinski definition) is 1. The number of hydrogen-bond acceptors (Lipinski definition) is 4. The molecule has 0 fully saturated rings. The Labute approximate surface area is 141 Å². The van der Waals surface area contributed by atoms with Gasteiger partial charge in [-0.25, -0.2) is 9.78 Å². The van der Waals surface area contributed by atoms with Crippen molar-refractivity contribution >= 4 is 17.4 Å². The number of methoxy groups -OCH3 is 1. The van der Waals surface area contributed by atoms with Crippen molar-refractivity contribution in [3.63, 3.8) is 0 Å². The van der Waals surface area contributed by atoms with E-state index in [1.54, 1.807) is 12.1 Å². The number of carbonyl (C=O) groups is 1. The van der Waals surface area contributed by atoms with Crippen LogP contribution in [0, 0.1) is 20.8 Å². The Morgan fingerprint density at radius 3 is 2.58 bits per heavy atom. The molecule has 0 radical (unpaired) electrons. The molecule has 0 aliphatic rings. The summed E-state index contributed by atoms with van der Waals surface area (Å²) in [5, 5.41) is 3.43. The summed E-state index contributed by atoms with van der Waals surface area (Å²) in [5.74, 6) is 0.449. The maximum Gasteiger partial charge on any atom is 0.338 e. The van der Waals surface area contributed by atoms with Crippen LogP contribution in [0.3, 0.4) is 0 Å². The van der Waals surface area contributed by atoms with Gasteiger partial charge in [-0.05, 0) is 49.6 Å². The third kappa shape index (κ3) is 2.97. The third-order valence-electron chi connectivity index (χ3n) is 4.20. The third-order valence-corrected chi connectivity index (χ3v) is 4.20. The molecule has 5 heteroatoms. The molecule has 3 rings (SSSR count). The Hall–Kier alpha value is -2.82. The van der Waals surface area contributed by atoms with Gasteiger partial charge >= 0.3 is 5.97 Å². The highest BCUT2D eigenvalue weighted by atomic mass is 16.5. The monoisotopic (exact) mass is 323 g/mol. The topological polar surface area (TPSA) is 55.6 Å². The number of ether oxygens (including phenoxy) is 1. The number of anilines is 1. The first-order valence-electron chi connectivity index (χ1n) is 7.86. The van der Waals surface area contributed by atoms with E-state index in [1.165, 1.54) is 23.8 Å². The van der Waals surface area contributed by atoms with Crippen LogP contribution in [-0.2, 0) is 11.3 Å². The highest BCUT2D eigenvalue weighted by Gasteiger charge is 2.12. The molecule has 0 bridgehead atoms. The molecule has 1 N–H and O–H groups in total. The lowest BCUT2D eigenvalue weighted by Crippen LogP contribution is -2.09.